The molecule has 24 heavy (non-hydrogen) atoms. The Morgan fingerprint density at radius 2 is 1.67 bits per heavy atom. The number of carbonyl (C=O) groups is 1. The molecule has 4 rings (SSSR count). The third-order valence-corrected chi connectivity index (χ3v) is 5.34. The van der Waals surface area contributed by atoms with Crippen LogP contribution in [0.15, 0.2) is 42.5 Å². The summed E-state index contributed by atoms with van der Waals surface area (Å²) in [6.07, 6.45) is 2.34. The van der Waals surface area contributed by atoms with Crippen molar-refractivity contribution < 1.29 is 14.6 Å². The molecule has 1 aliphatic carbocycles. The molecule has 2 aromatic carbocycles. The molecule has 0 spiro atoms. The molecule has 4 heteroatoms. The lowest BCUT2D eigenvalue weighted by Crippen LogP contribution is -3.28. The van der Waals surface area contributed by atoms with E-state index in [2.05, 4.69) is 47.8 Å². The van der Waals surface area contributed by atoms with Crippen LogP contribution in [0.4, 0.5) is 0 Å². The van der Waals surface area contributed by atoms with Crippen LogP contribution in [0, 0.1) is 0 Å². The minimum absolute atomic E-state index is 0.241. The van der Waals surface area contributed by atoms with Crippen LogP contribution in [0.3, 0.4) is 0 Å². The van der Waals surface area contributed by atoms with Crippen LogP contribution >= 0.6 is 0 Å². The summed E-state index contributed by atoms with van der Waals surface area (Å²) in [5, 5.41) is 5.82. The predicted molar refractivity (Wildman–Crippen MR) is 95.1 cm³/mol. The maximum Gasteiger partial charge on any atom is 0.275 e. The molecule has 2 aliphatic rings. The Kier molecular flexibility index (Phi) is 4.50. The highest BCUT2D eigenvalue weighted by Gasteiger charge is 2.28. The summed E-state index contributed by atoms with van der Waals surface area (Å²) in [6, 6.07) is 15.8. The SMILES string of the molecule is O=C(C[NH+]1CC[NH+](Cc2cccc3ccccc23)CC1)NC1CC1. The molecule has 126 valence electrons. The number of fused-ring (bicyclic) bond motifs is 1. The molecule has 1 saturated heterocycles. The Balaban J connectivity index is 1.31. The summed E-state index contributed by atoms with van der Waals surface area (Å²) >= 11 is 0. The Bertz CT molecular complexity index is 712. The normalized spacial score (nSPS) is 24.0. The van der Waals surface area contributed by atoms with E-state index in [1.54, 1.807) is 4.90 Å². The van der Waals surface area contributed by atoms with Gasteiger partial charge in [0.15, 0.2) is 6.54 Å². The quantitative estimate of drug-likeness (QED) is 0.675. The average molecular weight is 325 g/mol. The first kappa shape index (κ1) is 15.6. The van der Waals surface area contributed by atoms with Crippen LogP contribution in [0.2, 0.25) is 0 Å². The first-order chi connectivity index (χ1) is 11.8. The maximum atomic E-state index is 11.9. The molecule has 2 aromatic rings. The van der Waals surface area contributed by atoms with Gasteiger partial charge in [-0.2, -0.15) is 0 Å². The molecule has 0 unspecified atom stereocenters. The molecule has 0 radical (unpaired) electrons. The van der Waals surface area contributed by atoms with Crippen molar-refractivity contribution in [2.75, 3.05) is 32.7 Å². The summed E-state index contributed by atoms with van der Waals surface area (Å²) in [5.41, 5.74) is 1.44. The van der Waals surface area contributed by atoms with Crippen LogP contribution in [0.25, 0.3) is 10.8 Å². The lowest BCUT2D eigenvalue weighted by atomic mass is 10.0. The van der Waals surface area contributed by atoms with Gasteiger partial charge < -0.3 is 15.1 Å². The summed E-state index contributed by atoms with van der Waals surface area (Å²) in [5.74, 6) is 0.241. The van der Waals surface area contributed by atoms with Crippen LogP contribution in [0.1, 0.15) is 18.4 Å². The standard InChI is InChI=1S/C20H25N3O/c24-20(21-18-8-9-18)15-23-12-10-22(11-13-23)14-17-6-3-5-16-4-1-2-7-19(16)17/h1-7,18H,8-15H2,(H,21,24)/p+2. The first-order valence-corrected chi connectivity index (χ1v) is 9.21. The van der Waals surface area contributed by atoms with Gasteiger partial charge in [-0.15, -0.1) is 0 Å². The summed E-state index contributed by atoms with van der Waals surface area (Å²) < 4.78 is 0. The van der Waals surface area contributed by atoms with E-state index in [9.17, 15) is 4.79 Å². The maximum absolute atomic E-state index is 11.9. The van der Waals surface area contributed by atoms with Crippen molar-refractivity contribution in [3.63, 3.8) is 0 Å². The largest absolute Gasteiger partial charge is 0.348 e. The molecule has 1 saturated carbocycles. The second-order valence-corrected chi connectivity index (χ2v) is 7.33. The summed E-state index contributed by atoms with van der Waals surface area (Å²) in [7, 11) is 0. The molecular formula is C20H27N3O+2. The van der Waals surface area contributed by atoms with E-state index in [0.717, 1.165) is 32.7 Å². The van der Waals surface area contributed by atoms with E-state index in [0.29, 0.717) is 12.6 Å². The summed E-state index contributed by atoms with van der Waals surface area (Å²) in [6.45, 7) is 6.22. The highest BCUT2D eigenvalue weighted by molar-refractivity contribution is 5.85. The van der Waals surface area contributed by atoms with Gasteiger partial charge >= 0.3 is 0 Å². The number of nitrogens with one attached hydrogen (secondary N) is 3. The van der Waals surface area contributed by atoms with Crippen LogP contribution in [-0.4, -0.2) is 44.7 Å². The van der Waals surface area contributed by atoms with E-state index in [-0.39, 0.29) is 5.91 Å². The van der Waals surface area contributed by atoms with Crippen molar-refractivity contribution in [2.24, 2.45) is 0 Å². The zero-order valence-electron chi connectivity index (χ0n) is 14.2. The lowest BCUT2D eigenvalue weighted by Gasteiger charge is -2.29. The van der Waals surface area contributed by atoms with Crippen molar-refractivity contribution >= 4 is 16.7 Å². The van der Waals surface area contributed by atoms with Gasteiger partial charge in [0, 0.05) is 11.6 Å². The third-order valence-electron chi connectivity index (χ3n) is 5.34. The van der Waals surface area contributed by atoms with Crippen LogP contribution in [-0.2, 0) is 11.3 Å². The van der Waals surface area contributed by atoms with E-state index in [4.69, 9.17) is 0 Å². The van der Waals surface area contributed by atoms with Gasteiger partial charge in [-0.1, -0.05) is 42.5 Å². The Hall–Kier alpha value is -1.91. The molecular weight excluding hydrogens is 298 g/mol. The molecule has 0 aromatic heterocycles. The van der Waals surface area contributed by atoms with E-state index < -0.39 is 0 Å². The fourth-order valence-corrected chi connectivity index (χ4v) is 3.76. The van der Waals surface area contributed by atoms with Crippen LogP contribution < -0.4 is 15.1 Å². The van der Waals surface area contributed by atoms with Gasteiger partial charge in [-0.05, 0) is 23.6 Å². The number of hydrogen-bond acceptors (Lipinski definition) is 1. The predicted octanol–water partition coefficient (Wildman–Crippen LogP) is -0.598. The monoisotopic (exact) mass is 325 g/mol. The number of rotatable bonds is 5. The second kappa shape index (κ2) is 6.91. The number of carbonyl (C=O) groups excluding carboxylic acids is 1. The number of hydrogen-bond donors (Lipinski definition) is 3. The van der Waals surface area contributed by atoms with Gasteiger partial charge in [0.05, 0.1) is 0 Å². The number of amides is 1. The first-order valence-electron chi connectivity index (χ1n) is 9.21. The molecule has 4 nitrogen and oxygen atoms in total. The van der Waals surface area contributed by atoms with E-state index in [1.807, 2.05) is 0 Å². The minimum atomic E-state index is 0.241. The fourth-order valence-electron chi connectivity index (χ4n) is 3.76. The Morgan fingerprint density at radius 3 is 2.46 bits per heavy atom. The highest BCUT2D eigenvalue weighted by atomic mass is 16.2. The molecule has 1 aliphatic heterocycles. The fraction of sp³-hybridized carbons (Fsp3) is 0.450. The van der Waals surface area contributed by atoms with Crippen molar-refractivity contribution in [3.8, 4) is 0 Å². The summed E-state index contributed by atoms with van der Waals surface area (Å²) in [4.78, 5) is 15.0. The second-order valence-electron chi connectivity index (χ2n) is 7.33. The van der Waals surface area contributed by atoms with Crippen LogP contribution in [0.5, 0.6) is 0 Å². The lowest BCUT2D eigenvalue weighted by molar-refractivity contribution is -1.02. The highest BCUT2D eigenvalue weighted by Crippen LogP contribution is 2.18. The molecule has 0 atom stereocenters. The molecule has 1 amide bonds. The Labute approximate surface area is 143 Å². The van der Waals surface area contributed by atoms with E-state index in [1.165, 1.54) is 34.1 Å². The number of benzene rings is 2. The number of quaternary nitrogens is 2. The van der Waals surface area contributed by atoms with Gasteiger partial charge in [0.25, 0.3) is 5.91 Å². The number of piperazine rings is 1. The molecule has 1 heterocycles. The van der Waals surface area contributed by atoms with Crippen molar-refractivity contribution in [2.45, 2.75) is 25.4 Å². The van der Waals surface area contributed by atoms with Crippen molar-refractivity contribution in [1.82, 2.24) is 5.32 Å². The zero-order chi connectivity index (χ0) is 16.4. The van der Waals surface area contributed by atoms with Gasteiger partial charge in [0.2, 0.25) is 0 Å². The molecule has 2 fully saturated rings. The third kappa shape index (κ3) is 3.77. The smallest absolute Gasteiger partial charge is 0.275 e. The van der Waals surface area contributed by atoms with Crippen molar-refractivity contribution in [1.29, 1.82) is 0 Å². The van der Waals surface area contributed by atoms with Gasteiger partial charge in [0.1, 0.15) is 32.7 Å². The molecule has 0 bridgehead atoms. The van der Waals surface area contributed by atoms with Gasteiger partial charge in [-0.25, -0.2) is 0 Å². The van der Waals surface area contributed by atoms with Gasteiger partial charge in [-0.3, -0.25) is 4.79 Å². The van der Waals surface area contributed by atoms with Crippen molar-refractivity contribution in [3.05, 3.63) is 48.0 Å². The topological polar surface area (TPSA) is 38.0 Å². The molecule has 3 N–H and O–H groups in total. The average Bonchev–Trinajstić information content (AvgIpc) is 3.41. The Morgan fingerprint density at radius 1 is 0.958 bits per heavy atom. The minimum Gasteiger partial charge on any atom is -0.348 e. The zero-order valence-corrected chi connectivity index (χ0v) is 14.2. The van der Waals surface area contributed by atoms with E-state index >= 15 is 0 Å².